The Hall–Kier alpha value is -2.40. The van der Waals surface area contributed by atoms with Crippen molar-refractivity contribution in [2.24, 2.45) is 0 Å². The monoisotopic (exact) mass is 300 g/mol. The highest BCUT2D eigenvalue weighted by Gasteiger charge is 2.20. The van der Waals surface area contributed by atoms with Gasteiger partial charge in [-0.1, -0.05) is 6.07 Å². The van der Waals surface area contributed by atoms with Gasteiger partial charge in [0.15, 0.2) is 0 Å². The molecule has 1 heterocycles. The molecule has 2 rings (SSSR count). The molecule has 5 heteroatoms. The summed E-state index contributed by atoms with van der Waals surface area (Å²) < 4.78 is 5.69. The number of carbonyl (C=O) groups excluding carboxylic acids is 1. The van der Waals surface area contributed by atoms with Crippen LogP contribution in [-0.4, -0.2) is 40.1 Å². The SMILES string of the molecule is CN(CC(C)(C)O)C(=O)c1cccc(Oc2ccncc2)c1. The second kappa shape index (κ2) is 6.58. The third kappa shape index (κ3) is 4.56. The van der Waals surface area contributed by atoms with Crippen LogP contribution < -0.4 is 4.74 Å². The van der Waals surface area contributed by atoms with Crippen LogP contribution in [0, 0.1) is 0 Å². The number of benzene rings is 1. The van der Waals surface area contributed by atoms with Crippen molar-refractivity contribution in [1.82, 2.24) is 9.88 Å². The zero-order valence-electron chi connectivity index (χ0n) is 13.0. The van der Waals surface area contributed by atoms with Crippen molar-refractivity contribution in [3.63, 3.8) is 0 Å². The molecule has 5 nitrogen and oxygen atoms in total. The van der Waals surface area contributed by atoms with E-state index in [1.807, 2.05) is 0 Å². The highest BCUT2D eigenvalue weighted by molar-refractivity contribution is 5.94. The molecule has 0 aliphatic rings. The van der Waals surface area contributed by atoms with Gasteiger partial charge < -0.3 is 14.7 Å². The molecule has 116 valence electrons. The summed E-state index contributed by atoms with van der Waals surface area (Å²) in [6.07, 6.45) is 3.28. The smallest absolute Gasteiger partial charge is 0.253 e. The van der Waals surface area contributed by atoms with Gasteiger partial charge in [-0.15, -0.1) is 0 Å². The Morgan fingerprint density at radius 1 is 1.23 bits per heavy atom. The van der Waals surface area contributed by atoms with Crippen molar-refractivity contribution in [2.45, 2.75) is 19.4 Å². The Morgan fingerprint density at radius 3 is 2.55 bits per heavy atom. The second-order valence-corrected chi connectivity index (χ2v) is 5.79. The maximum atomic E-state index is 12.4. The van der Waals surface area contributed by atoms with E-state index in [2.05, 4.69) is 4.98 Å². The molecule has 1 aromatic carbocycles. The van der Waals surface area contributed by atoms with Gasteiger partial charge in [0.2, 0.25) is 0 Å². The minimum Gasteiger partial charge on any atom is -0.457 e. The molecule has 0 spiro atoms. The second-order valence-electron chi connectivity index (χ2n) is 5.79. The maximum absolute atomic E-state index is 12.4. The van der Waals surface area contributed by atoms with Gasteiger partial charge in [0.05, 0.1) is 5.60 Å². The van der Waals surface area contributed by atoms with Gasteiger partial charge >= 0.3 is 0 Å². The lowest BCUT2D eigenvalue weighted by Gasteiger charge is -2.25. The summed E-state index contributed by atoms with van der Waals surface area (Å²) in [4.78, 5) is 17.8. The first-order valence-corrected chi connectivity index (χ1v) is 7.01. The number of aromatic nitrogens is 1. The number of hydrogen-bond donors (Lipinski definition) is 1. The average molecular weight is 300 g/mol. The van der Waals surface area contributed by atoms with Crippen LogP contribution in [0.5, 0.6) is 11.5 Å². The molecule has 1 N–H and O–H groups in total. The summed E-state index contributed by atoms with van der Waals surface area (Å²) in [6, 6.07) is 10.4. The van der Waals surface area contributed by atoms with E-state index < -0.39 is 5.60 Å². The van der Waals surface area contributed by atoms with Crippen LogP contribution in [0.3, 0.4) is 0 Å². The molecule has 0 bridgehead atoms. The van der Waals surface area contributed by atoms with Crippen LogP contribution in [0.4, 0.5) is 0 Å². The molecular weight excluding hydrogens is 280 g/mol. The zero-order chi connectivity index (χ0) is 16.2. The first kappa shape index (κ1) is 16.0. The molecule has 22 heavy (non-hydrogen) atoms. The number of pyridine rings is 1. The number of likely N-dealkylation sites (N-methyl/N-ethyl adjacent to an activating group) is 1. The standard InChI is InChI=1S/C17H20N2O3/c1-17(2,21)12-19(3)16(20)13-5-4-6-15(11-13)22-14-7-9-18-10-8-14/h4-11,21H,12H2,1-3H3. The topological polar surface area (TPSA) is 62.7 Å². The van der Waals surface area contributed by atoms with Crippen LogP contribution in [0.25, 0.3) is 0 Å². The minimum atomic E-state index is -0.935. The van der Waals surface area contributed by atoms with E-state index in [1.54, 1.807) is 69.7 Å². The predicted octanol–water partition coefficient (Wildman–Crippen LogP) is 2.72. The summed E-state index contributed by atoms with van der Waals surface area (Å²) in [5.74, 6) is 1.07. The number of amides is 1. The number of hydrogen-bond acceptors (Lipinski definition) is 4. The van der Waals surface area contributed by atoms with Gasteiger partial charge in [0.25, 0.3) is 5.91 Å². The molecule has 0 atom stereocenters. The molecule has 1 aromatic heterocycles. The van der Waals surface area contributed by atoms with Gasteiger partial charge in [-0.05, 0) is 44.2 Å². The summed E-state index contributed by atoms with van der Waals surface area (Å²) in [5.41, 5.74) is -0.423. The highest BCUT2D eigenvalue weighted by Crippen LogP contribution is 2.22. The van der Waals surface area contributed by atoms with Crippen LogP contribution in [0.15, 0.2) is 48.8 Å². The number of nitrogens with zero attached hydrogens (tertiary/aromatic N) is 2. The summed E-state index contributed by atoms with van der Waals surface area (Å²) in [5, 5.41) is 9.81. The van der Waals surface area contributed by atoms with Crippen molar-refractivity contribution in [3.05, 3.63) is 54.4 Å². The fourth-order valence-electron chi connectivity index (χ4n) is 2.11. The maximum Gasteiger partial charge on any atom is 0.253 e. The van der Waals surface area contributed by atoms with Crippen molar-refractivity contribution < 1.29 is 14.6 Å². The Labute approximate surface area is 130 Å². The van der Waals surface area contributed by atoms with Gasteiger partial charge in [0.1, 0.15) is 11.5 Å². The number of rotatable bonds is 5. The van der Waals surface area contributed by atoms with E-state index in [1.165, 1.54) is 4.90 Å². The third-order valence-electron chi connectivity index (χ3n) is 2.94. The molecule has 0 aliphatic carbocycles. The molecule has 1 amide bonds. The van der Waals surface area contributed by atoms with E-state index in [9.17, 15) is 9.90 Å². The normalized spacial score (nSPS) is 11.1. The lowest BCUT2D eigenvalue weighted by molar-refractivity contribution is 0.0368. The van der Waals surface area contributed by atoms with E-state index in [0.29, 0.717) is 17.1 Å². The summed E-state index contributed by atoms with van der Waals surface area (Å²) in [6.45, 7) is 3.58. The first-order chi connectivity index (χ1) is 10.3. The van der Waals surface area contributed by atoms with Crippen LogP contribution in [0.1, 0.15) is 24.2 Å². The Balaban J connectivity index is 2.12. The van der Waals surface area contributed by atoms with Crippen molar-refractivity contribution >= 4 is 5.91 Å². The fourth-order valence-corrected chi connectivity index (χ4v) is 2.11. The third-order valence-corrected chi connectivity index (χ3v) is 2.94. The average Bonchev–Trinajstić information content (AvgIpc) is 2.46. The summed E-state index contributed by atoms with van der Waals surface area (Å²) >= 11 is 0. The number of ether oxygens (including phenoxy) is 1. The Kier molecular flexibility index (Phi) is 4.78. The van der Waals surface area contributed by atoms with Gasteiger partial charge in [-0.2, -0.15) is 0 Å². The van der Waals surface area contributed by atoms with E-state index in [0.717, 1.165) is 0 Å². The molecule has 0 unspecified atom stereocenters. The van der Waals surface area contributed by atoms with Crippen LogP contribution >= 0.6 is 0 Å². The first-order valence-electron chi connectivity index (χ1n) is 7.01. The molecule has 0 saturated carbocycles. The molecule has 0 saturated heterocycles. The van der Waals surface area contributed by atoms with E-state index >= 15 is 0 Å². The Morgan fingerprint density at radius 2 is 1.91 bits per heavy atom. The minimum absolute atomic E-state index is 0.165. The molecule has 0 aliphatic heterocycles. The van der Waals surface area contributed by atoms with Gasteiger partial charge in [-0.3, -0.25) is 9.78 Å². The molecular formula is C17H20N2O3. The molecule has 2 aromatic rings. The molecule has 0 fully saturated rings. The lowest BCUT2D eigenvalue weighted by Crippen LogP contribution is -2.39. The fraction of sp³-hybridized carbons (Fsp3) is 0.294. The van der Waals surface area contributed by atoms with Crippen LogP contribution in [-0.2, 0) is 0 Å². The molecule has 0 radical (unpaired) electrons. The largest absolute Gasteiger partial charge is 0.457 e. The number of aliphatic hydroxyl groups is 1. The van der Waals surface area contributed by atoms with Gasteiger partial charge in [0, 0.05) is 31.5 Å². The summed E-state index contributed by atoms with van der Waals surface area (Å²) in [7, 11) is 1.66. The van der Waals surface area contributed by atoms with Crippen LogP contribution in [0.2, 0.25) is 0 Å². The quantitative estimate of drug-likeness (QED) is 0.922. The lowest BCUT2D eigenvalue weighted by atomic mass is 10.1. The van der Waals surface area contributed by atoms with Crippen molar-refractivity contribution in [1.29, 1.82) is 0 Å². The Bertz CT molecular complexity index is 636. The van der Waals surface area contributed by atoms with Crippen molar-refractivity contribution in [2.75, 3.05) is 13.6 Å². The zero-order valence-corrected chi connectivity index (χ0v) is 13.0. The predicted molar refractivity (Wildman–Crippen MR) is 84.0 cm³/mol. The van der Waals surface area contributed by atoms with E-state index in [4.69, 9.17) is 4.74 Å². The van der Waals surface area contributed by atoms with Gasteiger partial charge in [-0.25, -0.2) is 0 Å². The number of carbonyl (C=O) groups is 1. The van der Waals surface area contributed by atoms with E-state index in [-0.39, 0.29) is 12.5 Å². The highest BCUT2D eigenvalue weighted by atomic mass is 16.5. The van der Waals surface area contributed by atoms with Crippen molar-refractivity contribution in [3.8, 4) is 11.5 Å².